The molecule has 2 nitrogen and oxygen atoms in total. The molecule has 0 heterocycles. The van der Waals surface area contributed by atoms with E-state index < -0.39 is 5.24 Å². The molecule has 2 aromatic rings. The zero-order valence-electron chi connectivity index (χ0n) is 10.5. The lowest BCUT2D eigenvalue weighted by atomic mass is 9.98. The molecule has 0 saturated heterocycles. The smallest absolute Gasteiger partial charge is 0.228 e. The van der Waals surface area contributed by atoms with E-state index in [-0.39, 0.29) is 11.7 Å². The van der Waals surface area contributed by atoms with Crippen LogP contribution in [0.2, 0.25) is 0 Å². The molecule has 0 aromatic heterocycles. The average Bonchev–Trinajstić information content (AvgIpc) is 2.46. The van der Waals surface area contributed by atoms with Crippen molar-refractivity contribution in [2.75, 3.05) is 0 Å². The second-order valence-corrected chi connectivity index (χ2v) is 4.72. The van der Waals surface area contributed by atoms with Crippen molar-refractivity contribution in [2.24, 2.45) is 0 Å². The molecule has 0 radical (unpaired) electrons. The third-order valence-electron chi connectivity index (χ3n) is 3.05. The number of carbonyl (C=O) groups is 2. The summed E-state index contributed by atoms with van der Waals surface area (Å²) in [6.07, 6.45) is 0. The summed E-state index contributed by atoms with van der Waals surface area (Å²) in [5.41, 5.74) is 2.06. The summed E-state index contributed by atoms with van der Waals surface area (Å²) in [4.78, 5) is 23.3. The first-order valence-electron chi connectivity index (χ1n) is 5.98. The molecular weight excluding hydrogens is 260 g/mol. The Hall–Kier alpha value is -1.93. The zero-order valence-corrected chi connectivity index (χ0v) is 11.2. The molecule has 2 aromatic carbocycles. The third kappa shape index (κ3) is 3.09. The van der Waals surface area contributed by atoms with Crippen LogP contribution >= 0.6 is 11.6 Å². The van der Waals surface area contributed by atoms with Gasteiger partial charge in [0.05, 0.1) is 5.92 Å². The summed E-state index contributed by atoms with van der Waals surface area (Å²) in [6.45, 7) is 1.74. The van der Waals surface area contributed by atoms with Crippen molar-refractivity contribution >= 4 is 22.6 Å². The van der Waals surface area contributed by atoms with E-state index in [1.165, 1.54) is 0 Å². The molecular formula is C16H13ClO2. The minimum atomic E-state index is -0.401. The molecule has 0 aliphatic rings. The van der Waals surface area contributed by atoms with Gasteiger partial charge in [0.15, 0.2) is 5.78 Å². The van der Waals surface area contributed by atoms with Crippen molar-refractivity contribution in [2.45, 2.75) is 12.8 Å². The van der Waals surface area contributed by atoms with Crippen LogP contribution in [0.4, 0.5) is 0 Å². The maximum atomic E-state index is 12.2. The Kier molecular flexibility index (Phi) is 4.13. The van der Waals surface area contributed by atoms with Crippen molar-refractivity contribution < 1.29 is 9.59 Å². The molecule has 3 heteroatoms. The number of hydrogen-bond donors (Lipinski definition) is 0. The fraction of sp³-hybridized carbons (Fsp3) is 0.125. The topological polar surface area (TPSA) is 34.1 Å². The van der Waals surface area contributed by atoms with Crippen LogP contribution in [0.3, 0.4) is 0 Å². The van der Waals surface area contributed by atoms with Gasteiger partial charge in [0, 0.05) is 11.1 Å². The van der Waals surface area contributed by atoms with Gasteiger partial charge in [-0.2, -0.15) is 0 Å². The van der Waals surface area contributed by atoms with Crippen LogP contribution in [0.25, 0.3) is 0 Å². The van der Waals surface area contributed by atoms with Crippen molar-refractivity contribution in [3.8, 4) is 0 Å². The summed E-state index contributed by atoms with van der Waals surface area (Å²) in [7, 11) is 0. The average molecular weight is 273 g/mol. The van der Waals surface area contributed by atoms with Gasteiger partial charge in [0.25, 0.3) is 0 Å². The first-order chi connectivity index (χ1) is 9.09. The van der Waals surface area contributed by atoms with Crippen molar-refractivity contribution in [3.05, 3.63) is 71.3 Å². The van der Waals surface area contributed by atoms with Gasteiger partial charge in [-0.15, -0.1) is 0 Å². The SMILES string of the molecule is CC(C(=O)Cl)c1ccc(C(=O)c2ccccc2)cc1. The fourth-order valence-electron chi connectivity index (χ4n) is 1.81. The fourth-order valence-corrected chi connectivity index (χ4v) is 1.94. The lowest BCUT2D eigenvalue weighted by Crippen LogP contribution is -2.04. The van der Waals surface area contributed by atoms with Crippen LogP contribution in [-0.4, -0.2) is 11.0 Å². The van der Waals surface area contributed by atoms with E-state index in [0.717, 1.165) is 5.56 Å². The molecule has 1 unspecified atom stereocenters. The number of carbonyl (C=O) groups excluding carboxylic acids is 2. The Morgan fingerprint density at radius 1 is 0.895 bits per heavy atom. The first kappa shape index (κ1) is 13.5. The summed E-state index contributed by atoms with van der Waals surface area (Å²) in [5.74, 6) is -0.389. The largest absolute Gasteiger partial charge is 0.289 e. The van der Waals surface area contributed by atoms with E-state index in [1.54, 1.807) is 43.3 Å². The maximum absolute atomic E-state index is 12.2. The molecule has 0 fully saturated rings. The predicted molar refractivity (Wildman–Crippen MR) is 75.6 cm³/mol. The molecule has 0 saturated carbocycles. The molecule has 0 N–H and O–H groups in total. The van der Waals surface area contributed by atoms with E-state index in [4.69, 9.17) is 11.6 Å². The Morgan fingerprint density at radius 3 is 1.95 bits per heavy atom. The van der Waals surface area contributed by atoms with E-state index in [0.29, 0.717) is 11.1 Å². The van der Waals surface area contributed by atoms with Crippen LogP contribution in [0.5, 0.6) is 0 Å². The number of hydrogen-bond acceptors (Lipinski definition) is 2. The molecule has 1 atom stereocenters. The molecule has 0 aliphatic carbocycles. The van der Waals surface area contributed by atoms with Crippen LogP contribution in [0.1, 0.15) is 34.3 Å². The summed E-state index contributed by atoms with van der Waals surface area (Å²) < 4.78 is 0. The molecule has 0 spiro atoms. The lowest BCUT2D eigenvalue weighted by molar-refractivity contribution is -0.112. The van der Waals surface area contributed by atoms with E-state index >= 15 is 0 Å². The third-order valence-corrected chi connectivity index (χ3v) is 3.38. The number of halogens is 1. The highest BCUT2D eigenvalue weighted by molar-refractivity contribution is 6.64. The van der Waals surface area contributed by atoms with Crippen LogP contribution in [0.15, 0.2) is 54.6 Å². The summed E-state index contributed by atoms with van der Waals surface area (Å²) in [5, 5.41) is -0.401. The second-order valence-electron chi connectivity index (χ2n) is 4.34. The van der Waals surface area contributed by atoms with Gasteiger partial charge in [-0.05, 0) is 17.2 Å². The second kappa shape index (κ2) is 5.81. The van der Waals surface area contributed by atoms with Gasteiger partial charge in [-0.1, -0.05) is 61.5 Å². The standard InChI is InChI=1S/C16H13ClO2/c1-11(16(17)19)12-7-9-14(10-8-12)15(18)13-5-3-2-4-6-13/h2-11H,1H3. The maximum Gasteiger partial charge on any atom is 0.228 e. The molecule has 96 valence electrons. The van der Waals surface area contributed by atoms with Gasteiger partial charge >= 0.3 is 0 Å². The molecule has 2 rings (SSSR count). The van der Waals surface area contributed by atoms with Gasteiger partial charge in [0.2, 0.25) is 5.24 Å². The summed E-state index contributed by atoms with van der Waals surface area (Å²) >= 11 is 5.46. The van der Waals surface area contributed by atoms with Gasteiger partial charge in [-0.25, -0.2) is 0 Å². The molecule has 0 aliphatic heterocycles. The first-order valence-corrected chi connectivity index (χ1v) is 6.36. The lowest BCUT2D eigenvalue weighted by Gasteiger charge is -2.07. The van der Waals surface area contributed by atoms with Gasteiger partial charge in [0.1, 0.15) is 0 Å². The minimum Gasteiger partial charge on any atom is -0.289 e. The van der Waals surface area contributed by atoms with E-state index in [2.05, 4.69) is 0 Å². The number of benzene rings is 2. The Morgan fingerprint density at radius 2 is 1.42 bits per heavy atom. The quantitative estimate of drug-likeness (QED) is 0.627. The predicted octanol–water partition coefficient (Wildman–Crippen LogP) is 3.79. The van der Waals surface area contributed by atoms with E-state index in [9.17, 15) is 9.59 Å². The minimum absolute atomic E-state index is 0.0306. The molecule has 0 amide bonds. The number of ketones is 1. The van der Waals surface area contributed by atoms with Crippen LogP contribution < -0.4 is 0 Å². The Bertz CT molecular complexity index is 588. The monoisotopic (exact) mass is 272 g/mol. The Balaban J connectivity index is 2.24. The van der Waals surface area contributed by atoms with E-state index in [1.807, 2.05) is 18.2 Å². The summed E-state index contributed by atoms with van der Waals surface area (Å²) in [6, 6.07) is 16.1. The normalized spacial score (nSPS) is 11.9. The van der Waals surface area contributed by atoms with Crippen molar-refractivity contribution in [1.82, 2.24) is 0 Å². The highest BCUT2D eigenvalue weighted by Crippen LogP contribution is 2.19. The van der Waals surface area contributed by atoms with Crippen molar-refractivity contribution in [3.63, 3.8) is 0 Å². The van der Waals surface area contributed by atoms with Crippen LogP contribution in [0, 0.1) is 0 Å². The molecule has 0 bridgehead atoms. The van der Waals surface area contributed by atoms with Gasteiger partial charge < -0.3 is 0 Å². The van der Waals surface area contributed by atoms with Crippen molar-refractivity contribution in [1.29, 1.82) is 0 Å². The Labute approximate surface area is 117 Å². The van der Waals surface area contributed by atoms with Crippen LogP contribution in [-0.2, 0) is 4.79 Å². The zero-order chi connectivity index (χ0) is 13.8. The highest BCUT2D eigenvalue weighted by atomic mass is 35.5. The molecule has 19 heavy (non-hydrogen) atoms. The highest BCUT2D eigenvalue weighted by Gasteiger charge is 2.14. The van der Waals surface area contributed by atoms with Gasteiger partial charge in [-0.3, -0.25) is 9.59 Å². The number of rotatable bonds is 4.